The molecule has 0 saturated carbocycles. The number of nitrogens with two attached hydrogens (primary N) is 1. The Kier molecular flexibility index (Phi) is 3.41. The molecule has 0 aromatic carbocycles. The summed E-state index contributed by atoms with van der Waals surface area (Å²) in [4.78, 5) is 19.6. The molecule has 1 unspecified atom stereocenters. The van der Waals surface area contributed by atoms with Gasteiger partial charge in [-0.25, -0.2) is 9.97 Å². The average molecular weight is 272 g/mol. The predicted octanol–water partition coefficient (Wildman–Crippen LogP) is 1.03. The number of rotatable bonds is 2. The molecule has 0 fully saturated rings. The number of hydrogen-bond donors (Lipinski definition) is 1. The van der Waals surface area contributed by atoms with Crippen molar-refractivity contribution < 1.29 is 18.0 Å². The first-order valence-corrected chi connectivity index (χ1v) is 5.49. The van der Waals surface area contributed by atoms with E-state index in [0.717, 1.165) is 4.90 Å². The Morgan fingerprint density at radius 3 is 2.53 bits per heavy atom. The number of hydrogen-bond acceptors (Lipinski definition) is 4. The minimum absolute atomic E-state index is 0.0190. The Morgan fingerprint density at radius 2 is 2.00 bits per heavy atom. The zero-order chi connectivity index (χ0) is 14.0. The Hall–Kier alpha value is -2.12. The summed E-state index contributed by atoms with van der Waals surface area (Å²) >= 11 is 0. The number of carbonyl (C=O) groups is 1. The Labute approximate surface area is 106 Å². The first kappa shape index (κ1) is 13.3. The van der Waals surface area contributed by atoms with Crippen molar-refractivity contribution in [2.75, 3.05) is 11.4 Å². The lowest BCUT2D eigenvalue weighted by Crippen LogP contribution is -2.50. The molecule has 1 atom stereocenters. The number of alkyl halides is 3. The summed E-state index contributed by atoms with van der Waals surface area (Å²) < 4.78 is 39.1. The summed E-state index contributed by atoms with van der Waals surface area (Å²) in [5.41, 5.74) is 5.01. The smallest absolute Gasteiger partial charge is 0.366 e. The molecule has 2 N–H and O–H groups in total. The lowest BCUT2D eigenvalue weighted by Gasteiger charge is -2.35. The largest absolute Gasteiger partial charge is 0.409 e. The van der Waals surface area contributed by atoms with Crippen molar-refractivity contribution in [3.05, 3.63) is 30.1 Å². The molecule has 1 amide bonds. The Balaban J connectivity index is 2.34. The van der Waals surface area contributed by atoms with Crippen LogP contribution in [-0.4, -0.2) is 34.6 Å². The number of carbonyl (C=O) groups excluding carboxylic acids is 1. The Morgan fingerprint density at radius 1 is 1.37 bits per heavy atom. The second-order valence-electron chi connectivity index (χ2n) is 4.06. The number of anilines is 1. The molecule has 0 radical (unpaired) electrons. The maximum atomic E-state index is 13.0. The Bertz CT molecular complexity index is 500. The van der Waals surface area contributed by atoms with Gasteiger partial charge in [0.1, 0.15) is 6.04 Å². The van der Waals surface area contributed by atoms with Crippen LogP contribution in [0.2, 0.25) is 0 Å². The van der Waals surface area contributed by atoms with Crippen LogP contribution >= 0.6 is 0 Å². The van der Waals surface area contributed by atoms with Gasteiger partial charge in [-0.2, -0.15) is 13.2 Å². The molecule has 2 heterocycles. The van der Waals surface area contributed by atoms with Crippen LogP contribution in [0, 0.1) is 0 Å². The van der Waals surface area contributed by atoms with Gasteiger partial charge in [0, 0.05) is 30.9 Å². The summed E-state index contributed by atoms with van der Waals surface area (Å²) in [6.45, 7) is -0.105. The lowest BCUT2D eigenvalue weighted by atomic mass is 9.99. The zero-order valence-corrected chi connectivity index (χ0v) is 9.76. The van der Waals surface area contributed by atoms with E-state index in [2.05, 4.69) is 9.97 Å². The van der Waals surface area contributed by atoms with Gasteiger partial charge in [-0.3, -0.25) is 4.79 Å². The van der Waals surface area contributed by atoms with Gasteiger partial charge in [-0.15, -0.1) is 0 Å². The van der Waals surface area contributed by atoms with Crippen molar-refractivity contribution in [1.82, 2.24) is 9.97 Å². The standard InChI is InChI=1S/C11H11F3N4O/c12-11(13,14)8-6-7(9(15)19)2-5-18(8)10-16-3-1-4-17-10/h1-4,8H,5-6H2,(H2,15,19). The van der Waals surface area contributed by atoms with E-state index in [1.54, 1.807) is 0 Å². The summed E-state index contributed by atoms with van der Waals surface area (Å²) in [6.07, 6.45) is -0.877. The summed E-state index contributed by atoms with van der Waals surface area (Å²) in [7, 11) is 0. The highest BCUT2D eigenvalue weighted by Gasteiger charge is 2.46. The molecule has 5 nitrogen and oxygen atoms in total. The first-order chi connectivity index (χ1) is 8.89. The fourth-order valence-corrected chi connectivity index (χ4v) is 1.89. The third kappa shape index (κ3) is 2.83. The molecule has 19 heavy (non-hydrogen) atoms. The van der Waals surface area contributed by atoms with E-state index in [0.29, 0.717) is 0 Å². The molecule has 1 aliphatic rings. The first-order valence-electron chi connectivity index (χ1n) is 5.49. The maximum absolute atomic E-state index is 13.0. The van der Waals surface area contributed by atoms with Crippen molar-refractivity contribution in [2.24, 2.45) is 5.73 Å². The zero-order valence-electron chi connectivity index (χ0n) is 9.76. The van der Waals surface area contributed by atoms with Crippen LogP contribution in [0.3, 0.4) is 0 Å². The van der Waals surface area contributed by atoms with E-state index in [1.165, 1.54) is 24.5 Å². The van der Waals surface area contributed by atoms with Crippen molar-refractivity contribution in [2.45, 2.75) is 18.6 Å². The predicted molar refractivity (Wildman–Crippen MR) is 61.1 cm³/mol. The van der Waals surface area contributed by atoms with Crippen molar-refractivity contribution in [3.63, 3.8) is 0 Å². The van der Waals surface area contributed by atoms with Gasteiger partial charge in [0.05, 0.1) is 0 Å². The fraction of sp³-hybridized carbons (Fsp3) is 0.364. The van der Waals surface area contributed by atoms with E-state index in [9.17, 15) is 18.0 Å². The topological polar surface area (TPSA) is 72.1 Å². The highest BCUT2D eigenvalue weighted by Crippen LogP contribution is 2.33. The maximum Gasteiger partial charge on any atom is 0.409 e. The van der Waals surface area contributed by atoms with Crippen LogP contribution in [0.5, 0.6) is 0 Å². The molecule has 1 aromatic rings. The van der Waals surface area contributed by atoms with E-state index in [4.69, 9.17) is 5.73 Å². The van der Waals surface area contributed by atoms with Gasteiger partial charge in [0.2, 0.25) is 11.9 Å². The minimum atomic E-state index is -4.49. The second kappa shape index (κ2) is 4.87. The molecule has 8 heteroatoms. The fourth-order valence-electron chi connectivity index (χ4n) is 1.89. The van der Waals surface area contributed by atoms with Gasteiger partial charge in [-0.05, 0) is 6.07 Å². The van der Waals surface area contributed by atoms with Gasteiger partial charge in [-0.1, -0.05) is 6.08 Å². The quantitative estimate of drug-likeness (QED) is 0.872. The van der Waals surface area contributed by atoms with Crippen molar-refractivity contribution >= 4 is 11.9 Å². The van der Waals surface area contributed by atoms with Crippen molar-refractivity contribution in [1.29, 1.82) is 0 Å². The summed E-state index contributed by atoms with van der Waals surface area (Å²) in [5.74, 6) is -0.854. The third-order valence-electron chi connectivity index (χ3n) is 2.83. The van der Waals surface area contributed by atoms with E-state index >= 15 is 0 Å². The van der Waals surface area contributed by atoms with Gasteiger partial charge in [0.25, 0.3) is 0 Å². The lowest BCUT2D eigenvalue weighted by molar-refractivity contribution is -0.149. The number of amides is 1. The molecule has 0 saturated heterocycles. The average Bonchev–Trinajstić information content (AvgIpc) is 2.38. The second-order valence-corrected chi connectivity index (χ2v) is 4.06. The van der Waals surface area contributed by atoms with Crippen LogP contribution < -0.4 is 10.6 Å². The number of primary amides is 1. The molecule has 0 aliphatic carbocycles. The van der Waals surface area contributed by atoms with Crippen LogP contribution in [0.15, 0.2) is 30.1 Å². The number of nitrogens with zero attached hydrogens (tertiary/aromatic N) is 3. The van der Waals surface area contributed by atoms with Gasteiger partial charge >= 0.3 is 6.18 Å². The molecule has 2 rings (SSSR count). The summed E-state index contributed by atoms with van der Waals surface area (Å²) in [6, 6.07) is -0.330. The normalized spacial score (nSPS) is 20.1. The third-order valence-corrected chi connectivity index (χ3v) is 2.83. The van der Waals surface area contributed by atoms with E-state index < -0.39 is 24.5 Å². The van der Waals surface area contributed by atoms with E-state index in [1.807, 2.05) is 0 Å². The molecule has 0 spiro atoms. The van der Waals surface area contributed by atoms with E-state index in [-0.39, 0.29) is 18.1 Å². The van der Waals surface area contributed by atoms with Crippen LogP contribution in [0.1, 0.15) is 6.42 Å². The molecule has 0 bridgehead atoms. The van der Waals surface area contributed by atoms with Crippen LogP contribution in [0.25, 0.3) is 0 Å². The van der Waals surface area contributed by atoms with Gasteiger partial charge < -0.3 is 10.6 Å². The molecular weight excluding hydrogens is 261 g/mol. The minimum Gasteiger partial charge on any atom is -0.366 e. The molecule has 1 aliphatic heterocycles. The highest BCUT2D eigenvalue weighted by atomic mass is 19.4. The highest BCUT2D eigenvalue weighted by molar-refractivity contribution is 5.92. The molecular formula is C11H11F3N4O. The van der Waals surface area contributed by atoms with Crippen LogP contribution in [-0.2, 0) is 4.79 Å². The van der Waals surface area contributed by atoms with Gasteiger partial charge in [0.15, 0.2) is 0 Å². The monoisotopic (exact) mass is 272 g/mol. The molecule has 102 valence electrons. The molecule has 1 aromatic heterocycles. The number of aromatic nitrogens is 2. The SMILES string of the molecule is NC(=O)C1=CCN(c2ncccn2)C(C(F)(F)F)C1. The summed E-state index contributed by atoms with van der Waals surface area (Å²) in [5, 5.41) is 0. The van der Waals surface area contributed by atoms with Crippen LogP contribution in [0.4, 0.5) is 19.1 Å². The van der Waals surface area contributed by atoms with Crippen molar-refractivity contribution in [3.8, 4) is 0 Å². The number of halogens is 3.